The molecule has 1 unspecified atom stereocenters. The van der Waals surface area contributed by atoms with Crippen LogP contribution in [0.3, 0.4) is 0 Å². The minimum Gasteiger partial charge on any atom is -0.490 e. The third-order valence-corrected chi connectivity index (χ3v) is 5.56. The molecule has 1 fully saturated rings. The number of hydrogen-bond donors (Lipinski definition) is 0. The van der Waals surface area contributed by atoms with Crippen molar-refractivity contribution in [3.63, 3.8) is 0 Å². The Morgan fingerprint density at radius 1 is 1.09 bits per heavy atom. The zero-order valence-electron chi connectivity index (χ0n) is 18.8. The Morgan fingerprint density at radius 3 is 2.69 bits per heavy atom. The summed E-state index contributed by atoms with van der Waals surface area (Å²) in [6.45, 7) is 8.31. The van der Waals surface area contributed by atoms with Crippen LogP contribution in [0.25, 0.3) is 11.4 Å². The first kappa shape index (κ1) is 21.9. The van der Waals surface area contributed by atoms with Crippen LogP contribution in [0.1, 0.15) is 43.2 Å². The number of nitrogens with zero attached hydrogens (tertiary/aromatic N) is 3. The molecule has 0 bridgehead atoms. The average molecular weight is 436 g/mol. The molecule has 1 saturated heterocycles. The van der Waals surface area contributed by atoms with Crippen molar-refractivity contribution in [1.29, 1.82) is 0 Å². The van der Waals surface area contributed by atoms with Gasteiger partial charge in [-0.1, -0.05) is 35.0 Å². The van der Waals surface area contributed by atoms with Crippen LogP contribution in [-0.4, -0.2) is 47.3 Å². The van der Waals surface area contributed by atoms with E-state index in [1.807, 2.05) is 68.1 Å². The van der Waals surface area contributed by atoms with Gasteiger partial charge < -0.3 is 18.9 Å². The van der Waals surface area contributed by atoms with Gasteiger partial charge >= 0.3 is 0 Å². The molecular weight excluding hydrogens is 406 g/mol. The first-order valence-corrected chi connectivity index (χ1v) is 11.1. The fraction of sp³-hybridized carbons (Fsp3) is 0.400. The maximum absolute atomic E-state index is 12.6. The maximum atomic E-state index is 12.6. The van der Waals surface area contributed by atoms with Crippen molar-refractivity contribution in [2.24, 2.45) is 0 Å². The van der Waals surface area contributed by atoms with Crippen molar-refractivity contribution in [2.45, 2.75) is 39.5 Å². The van der Waals surface area contributed by atoms with E-state index in [9.17, 15) is 4.79 Å². The van der Waals surface area contributed by atoms with E-state index in [0.717, 1.165) is 34.6 Å². The van der Waals surface area contributed by atoms with E-state index in [4.69, 9.17) is 14.0 Å². The Hall–Kier alpha value is -3.35. The van der Waals surface area contributed by atoms with Gasteiger partial charge in [0.25, 0.3) is 0 Å². The van der Waals surface area contributed by atoms with Crippen LogP contribution >= 0.6 is 0 Å². The number of hydrogen-bond acceptors (Lipinski definition) is 6. The zero-order valence-corrected chi connectivity index (χ0v) is 18.8. The molecule has 1 aliphatic heterocycles. The minimum absolute atomic E-state index is 0.0760. The monoisotopic (exact) mass is 435 g/mol. The van der Waals surface area contributed by atoms with Gasteiger partial charge in [0.15, 0.2) is 11.5 Å². The van der Waals surface area contributed by atoms with E-state index >= 15 is 0 Å². The SMILES string of the molecule is CCOc1ccc(CCN2CC(c3nc(-c4cccc(C)c4)no3)CC2=O)cc1OCC. The van der Waals surface area contributed by atoms with Crippen molar-refractivity contribution < 1.29 is 18.8 Å². The van der Waals surface area contributed by atoms with E-state index in [1.165, 1.54) is 0 Å². The molecular formula is C25H29N3O4. The number of ether oxygens (including phenoxy) is 2. The number of carbonyl (C=O) groups is 1. The number of carbonyl (C=O) groups excluding carboxylic acids is 1. The summed E-state index contributed by atoms with van der Waals surface area (Å²) in [4.78, 5) is 19.0. The smallest absolute Gasteiger partial charge is 0.232 e. The lowest BCUT2D eigenvalue weighted by Gasteiger charge is -2.17. The van der Waals surface area contributed by atoms with Crippen molar-refractivity contribution in [3.05, 3.63) is 59.5 Å². The number of aromatic nitrogens is 2. The topological polar surface area (TPSA) is 77.7 Å². The van der Waals surface area contributed by atoms with Gasteiger partial charge in [0.1, 0.15) is 0 Å². The van der Waals surface area contributed by atoms with Crippen LogP contribution in [0.5, 0.6) is 11.5 Å². The molecule has 1 aromatic heterocycles. The Bertz CT molecular complexity index is 1080. The fourth-order valence-corrected chi connectivity index (χ4v) is 3.97. The van der Waals surface area contributed by atoms with Gasteiger partial charge in [-0.15, -0.1) is 0 Å². The van der Waals surface area contributed by atoms with Crippen LogP contribution in [-0.2, 0) is 11.2 Å². The first-order valence-electron chi connectivity index (χ1n) is 11.1. The molecule has 7 heteroatoms. The van der Waals surface area contributed by atoms with Crippen LogP contribution in [0.15, 0.2) is 47.0 Å². The summed E-state index contributed by atoms with van der Waals surface area (Å²) >= 11 is 0. The fourth-order valence-electron chi connectivity index (χ4n) is 3.97. The third-order valence-electron chi connectivity index (χ3n) is 5.56. The van der Waals surface area contributed by atoms with Gasteiger partial charge in [0.05, 0.1) is 19.1 Å². The van der Waals surface area contributed by atoms with Crippen molar-refractivity contribution in [3.8, 4) is 22.9 Å². The molecule has 4 rings (SSSR count). The van der Waals surface area contributed by atoms with Crippen molar-refractivity contribution in [2.75, 3.05) is 26.3 Å². The van der Waals surface area contributed by atoms with Crippen LogP contribution in [0.4, 0.5) is 0 Å². The third kappa shape index (κ3) is 4.93. The Labute approximate surface area is 188 Å². The van der Waals surface area contributed by atoms with Gasteiger partial charge in [-0.2, -0.15) is 4.98 Å². The second kappa shape index (κ2) is 9.85. The summed E-state index contributed by atoms with van der Waals surface area (Å²) < 4.78 is 16.9. The van der Waals surface area contributed by atoms with Crippen molar-refractivity contribution in [1.82, 2.24) is 15.0 Å². The van der Waals surface area contributed by atoms with Gasteiger partial charge in [0, 0.05) is 25.1 Å². The number of rotatable bonds is 9. The molecule has 7 nitrogen and oxygen atoms in total. The minimum atomic E-state index is -0.0760. The number of aryl methyl sites for hydroxylation is 1. The molecule has 1 amide bonds. The molecule has 1 atom stereocenters. The summed E-state index contributed by atoms with van der Waals surface area (Å²) in [5.74, 6) is 2.61. The van der Waals surface area contributed by atoms with E-state index in [1.54, 1.807) is 0 Å². The molecule has 0 radical (unpaired) electrons. The standard InChI is InChI=1S/C25H29N3O4/c1-4-30-21-10-9-18(14-22(21)31-5-2)11-12-28-16-20(15-23(28)29)25-26-24(27-32-25)19-8-6-7-17(3)13-19/h6-10,13-14,20H,4-5,11-12,15-16H2,1-3H3. The predicted octanol–water partition coefficient (Wildman–Crippen LogP) is 4.40. The first-order chi connectivity index (χ1) is 15.6. The highest BCUT2D eigenvalue weighted by Gasteiger charge is 2.34. The quantitative estimate of drug-likeness (QED) is 0.496. The molecule has 2 aromatic carbocycles. The van der Waals surface area contributed by atoms with Crippen LogP contribution < -0.4 is 9.47 Å². The average Bonchev–Trinajstić information content (AvgIpc) is 3.41. The molecule has 168 valence electrons. The number of amides is 1. The molecule has 32 heavy (non-hydrogen) atoms. The van der Waals surface area contributed by atoms with Gasteiger partial charge in [-0.05, 0) is 51.0 Å². The summed E-state index contributed by atoms with van der Waals surface area (Å²) in [7, 11) is 0. The largest absolute Gasteiger partial charge is 0.490 e. The molecule has 0 aliphatic carbocycles. The normalized spacial score (nSPS) is 15.9. The molecule has 0 spiro atoms. The number of benzene rings is 2. The zero-order chi connectivity index (χ0) is 22.5. The van der Waals surface area contributed by atoms with E-state index in [2.05, 4.69) is 10.1 Å². The maximum Gasteiger partial charge on any atom is 0.232 e. The van der Waals surface area contributed by atoms with Gasteiger partial charge in [-0.3, -0.25) is 4.79 Å². The predicted molar refractivity (Wildman–Crippen MR) is 121 cm³/mol. The lowest BCUT2D eigenvalue weighted by molar-refractivity contribution is -0.127. The molecule has 3 aromatic rings. The van der Waals surface area contributed by atoms with Gasteiger partial charge in [0.2, 0.25) is 17.6 Å². The Kier molecular flexibility index (Phi) is 6.73. The summed E-state index contributed by atoms with van der Waals surface area (Å²) in [5, 5.41) is 4.12. The molecule has 1 aliphatic rings. The van der Waals surface area contributed by atoms with Crippen molar-refractivity contribution >= 4 is 5.91 Å². The van der Waals surface area contributed by atoms with Crippen LogP contribution in [0.2, 0.25) is 0 Å². The van der Waals surface area contributed by atoms with E-state index in [0.29, 0.717) is 44.4 Å². The molecule has 2 heterocycles. The summed E-state index contributed by atoms with van der Waals surface area (Å²) in [6.07, 6.45) is 1.13. The summed E-state index contributed by atoms with van der Waals surface area (Å²) in [5.41, 5.74) is 3.16. The lowest BCUT2D eigenvalue weighted by Crippen LogP contribution is -2.27. The van der Waals surface area contributed by atoms with E-state index < -0.39 is 0 Å². The lowest BCUT2D eigenvalue weighted by atomic mass is 10.1. The number of likely N-dealkylation sites (tertiary alicyclic amines) is 1. The molecule has 0 saturated carbocycles. The van der Waals surface area contributed by atoms with Crippen LogP contribution in [0, 0.1) is 6.92 Å². The highest BCUT2D eigenvalue weighted by atomic mass is 16.5. The highest BCUT2D eigenvalue weighted by molar-refractivity contribution is 5.79. The Morgan fingerprint density at radius 2 is 1.91 bits per heavy atom. The highest BCUT2D eigenvalue weighted by Crippen LogP contribution is 2.31. The van der Waals surface area contributed by atoms with E-state index in [-0.39, 0.29) is 11.8 Å². The summed E-state index contributed by atoms with van der Waals surface area (Å²) in [6, 6.07) is 13.9. The van der Waals surface area contributed by atoms with Gasteiger partial charge in [-0.25, -0.2) is 0 Å². The molecule has 0 N–H and O–H groups in total. The second-order valence-corrected chi connectivity index (χ2v) is 7.96. The Balaban J connectivity index is 1.39. The second-order valence-electron chi connectivity index (χ2n) is 7.96.